The summed E-state index contributed by atoms with van der Waals surface area (Å²) in [5.41, 5.74) is 2.61. The maximum absolute atomic E-state index is 13.0. The zero-order chi connectivity index (χ0) is 20.2. The highest BCUT2D eigenvalue weighted by Crippen LogP contribution is 2.32. The van der Waals surface area contributed by atoms with Gasteiger partial charge in [0.05, 0.1) is 21.6 Å². The summed E-state index contributed by atoms with van der Waals surface area (Å²) in [6, 6.07) is 2.41. The first-order valence-corrected chi connectivity index (χ1v) is 10.4. The largest absolute Gasteiger partial charge is 0.341 e. The molecule has 0 spiro atoms. The third-order valence-electron chi connectivity index (χ3n) is 4.19. The number of rotatable bonds is 8. The molecule has 0 unspecified atom stereocenters. The molecule has 1 aromatic carbocycles. The first kappa shape index (κ1) is 21.2. The first-order valence-electron chi connectivity index (χ1n) is 8.87. The Hall–Kier alpha value is -2.09. The molecule has 1 aromatic heterocycles. The van der Waals surface area contributed by atoms with Gasteiger partial charge < -0.3 is 4.57 Å². The Labute approximate surface area is 158 Å². The molecule has 0 saturated heterocycles. The molecule has 0 fully saturated rings. The minimum Gasteiger partial charge on any atom is -0.327 e. The minimum atomic E-state index is -4.71. The molecule has 0 atom stereocenters. The summed E-state index contributed by atoms with van der Waals surface area (Å²) in [5.74, 6) is -2.80. The number of alkyl halides is 2. The number of benzene rings is 1. The van der Waals surface area contributed by atoms with Gasteiger partial charge in [-0.05, 0) is 59.1 Å². The Kier molecular flexibility index (Phi) is 6.86. The van der Waals surface area contributed by atoms with Gasteiger partial charge in [-0.25, -0.2) is 13.4 Å². The number of unbranched alkanes of at least 4 members (excludes halogenated alkanes) is 2. The van der Waals surface area contributed by atoms with Crippen molar-refractivity contribution in [2.24, 2.45) is 4.99 Å². The fourth-order valence-electron chi connectivity index (χ4n) is 2.85. The number of hydrogen-bond acceptors (Lipinski definition) is 4. The Morgan fingerprint density at radius 2 is 2.00 bits per heavy atom. The number of aliphatic imine (C=N–C) groups is 1. The first-order chi connectivity index (χ1) is 12.7. The van der Waals surface area contributed by atoms with Crippen molar-refractivity contribution >= 4 is 32.8 Å². The van der Waals surface area contributed by atoms with Gasteiger partial charge in [0.15, 0.2) is 0 Å². The summed E-state index contributed by atoms with van der Waals surface area (Å²) >= 11 is 0. The average molecular weight is 397 g/mol. The second kappa shape index (κ2) is 8.73. The van der Waals surface area contributed by atoms with Crippen molar-refractivity contribution < 1.29 is 17.2 Å². The highest BCUT2D eigenvalue weighted by molar-refractivity contribution is 7.91. The van der Waals surface area contributed by atoms with E-state index >= 15 is 0 Å². The van der Waals surface area contributed by atoms with Crippen molar-refractivity contribution in [3.05, 3.63) is 29.6 Å². The number of hydrogen-bond donors (Lipinski definition) is 0. The van der Waals surface area contributed by atoms with E-state index in [9.17, 15) is 17.2 Å². The van der Waals surface area contributed by atoms with Crippen LogP contribution in [0.1, 0.15) is 45.9 Å². The maximum atomic E-state index is 13.0. The fourth-order valence-corrected chi connectivity index (χ4v) is 3.61. The van der Waals surface area contributed by atoms with Gasteiger partial charge in [-0.3, -0.25) is 4.99 Å². The van der Waals surface area contributed by atoms with Crippen molar-refractivity contribution in [1.29, 1.82) is 0 Å². The quantitative estimate of drug-likeness (QED) is 0.349. The van der Waals surface area contributed by atoms with E-state index in [0.717, 1.165) is 12.8 Å². The number of aryl methyl sites for hydroxylation is 2. The lowest BCUT2D eigenvalue weighted by atomic mass is 10.2. The predicted molar refractivity (Wildman–Crippen MR) is 105 cm³/mol. The van der Waals surface area contributed by atoms with E-state index in [1.165, 1.54) is 17.7 Å². The summed E-state index contributed by atoms with van der Waals surface area (Å²) in [4.78, 5) is 8.26. The Bertz CT molecular complexity index is 972. The van der Waals surface area contributed by atoms with Crippen LogP contribution in [0.15, 0.2) is 33.7 Å². The summed E-state index contributed by atoms with van der Waals surface area (Å²) in [7, 11) is -4.71. The summed E-state index contributed by atoms with van der Waals surface area (Å²) in [5, 5.41) is 0. The van der Waals surface area contributed by atoms with Crippen LogP contribution in [0.3, 0.4) is 0 Å². The van der Waals surface area contributed by atoms with E-state index in [4.69, 9.17) is 0 Å². The van der Waals surface area contributed by atoms with Crippen LogP contribution < -0.4 is 0 Å². The number of imidazole rings is 1. The molecular weight excluding hydrogens is 372 g/mol. The van der Waals surface area contributed by atoms with E-state index in [2.05, 4.69) is 16.1 Å². The molecule has 0 aliphatic heterocycles. The van der Waals surface area contributed by atoms with Gasteiger partial charge in [-0.15, -0.1) is 0 Å². The van der Waals surface area contributed by atoms with Crippen molar-refractivity contribution in [3.8, 4) is 0 Å². The van der Waals surface area contributed by atoms with Crippen LogP contribution >= 0.6 is 0 Å². The third kappa shape index (κ3) is 4.80. The molecule has 2 aromatic rings. The number of nitrogens with zero attached hydrogens (tertiary/aromatic N) is 3. The number of halogens is 2. The van der Waals surface area contributed by atoms with Gasteiger partial charge in [0.25, 0.3) is 0 Å². The molecule has 8 heteroatoms. The Morgan fingerprint density at radius 1 is 1.30 bits per heavy atom. The Balaban J connectivity index is 2.46. The van der Waals surface area contributed by atoms with Crippen LogP contribution in [0.5, 0.6) is 0 Å². The van der Waals surface area contributed by atoms with E-state index < -0.39 is 20.5 Å². The van der Waals surface area contributed by atoms with E-state index in [1.54, 1.807) is 13.1 Å². The summed E-state index contributed by atoms with van der Waals surface area (Å²) in [6.07, 6.45) is 6.37. The summed E-state index contributed by atoms with van der Waals surface area (Å²) < 4.78 is 51.7. The Morgan fingerprint density at radius 3 is 2.59 bits per heavy atom. The molecule has 0 bridgehead atoms. The van der Waals surface area contributed by atoms with Crippen LogP contribution in [0.25, 0.3) is 11.0 Å². The van der Waals surface area contributed by atoms with E-state index in [-0.39, 0.29) is 0 Å². The lowest BCUT2D eigenvalue weighted by molar-refractivity contribution is 0.235. The topological polar surface area (TPSA) is 64.3 Å². The zero-order valence-electron chi connectivity index (χ0n) is 16.0. The summed E-state index contributed by atoms with van der Waals surface area (Å²) in [6.45, 7) is 8.41. The van der Waals surface area contributed by atoms with Gasteiger partial charge in [0, 0.05) is 12.8 Å². The SMILES string of the molecule is CCn1c(C)nc2cc(S(=O)(=O)C(F)F)cc(N=CCCCC=C(C)C)c21. The molecule has 0 N–H and O–H groups in total. The fraction of sp³-hybridized carbons (Fsp3) is 0.474. The van der Waals surface area contributed by atoms with Crippen LogP contribution in [-0.2, 0) is 16.4 Å². The lowest BCUT2D eigenvalue weighted by Crippen LogP contribution is -2.11. The second-order valence-electron chi connectivity index (χ2n) is 6.54. The molecule has 0 amide bonds. The standard InChI is InChI=1S/C19H25F2N3O2S/c1-5-24-14(4)23-17-12-15(27(25,26)19(20)21)11-16(18(17)24)22-10-8-6-7-9-13(2)3/h9-12,19H,5-8H2,1-4H3. The third-order valence-corrected chi connectivity index (χ3v) is 5.55. The van der Waals surface area contributed by atoms with Crippen molar-refractivity contribution in [3.63, 3.8) is 0 Å². The molecule has 148 valence electrons. The molecule has 0 saturated carbocycles. The molecule has 0 radical (unpaired) electrons. The lowest BCUT2D eigenvalue weighted by Gasteiger charge is -2.08. The number of allylic oxidation sites excluding steroid dienone is 2. The monoisotopic (exact) mass is 397 g/mol. The van der Waals surface area contributed by atoms with Gasteiger partial charge in [-0.2, -0.15) is 8.78 Å². The van der Waals surface area contributed by atoms with Crippen LogP contribution in [0, 0.1) is 6.92 Å². The molecule has 1 heterocycles. The van der Waals surface area contributed by atoms with Gasteiger partial charge in [0.2, 0.25) is 9.84 Å². The molecular formula is C19H25F2N3O2S. The molecule has 0 aliphatic rings. The highest BCUT2D eigenvalue weighted by atomic mass is 32.2. The van der Waals surface area contributed by atoms with Gasteiger partial charge in [0.1, 0.15) is 5.82 Å². The highest BCUT2D eigenvalue weighted by Gasteiger charge is 2.28. The minimum absolute atomic E-state index is 0.344. The van der Waals surface area contributed by atoms with Gasteiger partial charge >= 0.3 is 5.76 Å². The predicted octanol–water partition coefficient (Wildman–Crippen LogP) is 5.20. The van der Waals surface area contributed by atoms with Crippen LogP contribution in [0.2, 0.25) is 0 Å². The van der Waals surface area contributed by atoms with Crippen molar-refractivity contribution in [2.75, 3.05) is 0 Å². The maximum Gasteiger partial charge on any atom is 0.341 e. The van der Waals surface area contributed by atoms with E-state index in [0.29, 0.717) is 35.5 Å². The van der Waals surface area contributed by atoms with Crippen LogP contribution in [-0.4, -0.2) is 29.9 Å². The molecule has 5 nitrogen and oxygen atoms in total. The van der Waals surface area contributed by atoms with E-state index in [1.807, 2.05) is 25.3 Å². The van der Waals surface area contributed by atoms with Crippen molar-refractivity contribution in [1.82, 2.24) is 9.55 Å². The van der Waals surface area contributed by atoms with Crippen LogP contribution in [0.4, 0.5) is 14.5 Å². The number of fused-ring (bicyclic) bond motifs is 1. The zero-order valence-corrected chi connectivity index (χ0v) is 16.9. The normalized spacial score (nSPS) is 12.4. The number of sulfone groups is 1. The molecule has 2 rings (SSSR count). The van der Waals surface area contributed by atoms with Gasteiger partial charge in [-0.1, -0.05) is 11.6 Å². The molecule has 0 aliphatic carbocycles. The second-order valence-corrected chi connectivity index (χ2v) is 8.46. The molecule has 27 heavy (non-hydrogen) atoms. The number of aromatic nitrogens is 2. The average Bonchev–Trinajstić information content (AvgIpc) is 2.92. The van der Waals surface area contributed by atoms with Crippen molar-refractivity contribution in [2.45, 2.75) is 64.2 Å². The smallest absolute Gasteiger partial charge is 0.327 e.